The van der Waals surface area contributed by atoms with Crippen LogP contribution in [0.25, 0.3) is 0 Å². The number of aromatic amines is 1. The third kappa shape index (κ3) is 3.76. The molecule has 4 atom stereocenters. The van der Waals surface area contributed by atoms with Crippen molar-refractivity contribution in [3.05, 3.63) is 33.1 Å². The minimum absolute atomic E-state index is 0.154. The summed E-state index contributed by atoms with van der Waals surface area (Å²) in [4.78, 5) is 52.8. The number of ether oxygens (including phenoxy) is 2. The van der Waals surface area contributed by atoms with Gasteiger partial charge in [0.15, 0.2) is 6.23 Å². The van der Waals surface area contributed by atoms with E-state index in [1.54, 1.807) is 0 Å². The first-order valence-corrected chi connectivity index (χ1v) is 9.48. The maximum atomic E-state index is 11.8. The maximum absolute atomic E-state index is 11.8. The quantitative estimate of drug-likeness (QED) is 0.251. The first-order valence-electron chi connectivity index (χ1n) is 6.17. The minimum atomic E-state index is -4.15. The highest BCUT2D eigenvalue weighted by atomic mass is 32.5. The highest BCUT2D eigenvalue weighted by molar-refractivity contribution is 8.16. The van der Waals surface area contributed by atoms with Gasteiger partial charge in [-0.25, -0.2) is 4.79 Å². The standard InChI is InChI=1S/C10H17N2O8PS/c1-19-7-8(22-21(16,17)18)5(4-13)20-9(7)12-3-2-6(14)11-10(12)15/h2-3,5,7-9,13,16-18,22H,4H2,1H3,(H,11,14,15)/t5-,7+,8+,9-/m1/s1. The molecule has 1 aliphatic rings. The third-order valence-corrected chi connectivity index (χ3v) is 6.11. The van der Waals surface area contributed by atoms with Crippen molar-refractivity contribution in [3.8, 4) is 0 Å². The van der Waals surface area contributed by atoms with Crippen molar-refractivity contribution >= 4 is 17.7 Å². The molecule has 10 nitrogen and oxygen atoms in total. The number of hydrogen-bond acceptors (Lipinski definition) is 5. The fourth-order valence-corrected chi connectivity index (χ4v) is 5.28. The van der Waals surface area contributed by atoms with Crippen molar-refractivity contribution in [2.75, 3.05) is 13.7 Å². The van der Waals surface area contributed by atoms with Gasteiger partial charge in [-0.15, -0.1) is 10.9 Å². The van der Waals surface area contributed by atoms with Gasteiger partial charge in [-0.05, 0) is 0 Å². The molecule has 0 spiro atoms. The number of thiol groups is 1. The second-order valence-electron chi connectivity index (χ2n) is 4.61. The normalized spacial score (nSPS) is 29.0. The van der Waals surface area contributed by atoms with E-state index in [4.69, 9.17) is 9.47 Å². The second kappa shape index (κ2) is 6.77. The van der Waals surface area contributed by atoms with Crippen molar-refractivity contribution in [2.45, 2.75) is 23.7 Å². The van der Waals surface area contributed by atoms with Crippen LogP contribution in [-0.4, -0.2) is 60.5 Å². The highest BCUT2D eigenvalue weighted by Crippen LogP contribution is 2.39. The van der Waals surface area contributed by atoms with Crippen LogP contribution in [0.3, 0.4) is 0 Å². The topological polar surface area (TPSA) is 154 Å². The molecule has 2 heterocycles. The molecule has 126 valence electrons. The van der Waals surface area contributed by atoms with Gasteiger partial charge in [0.05, 0.1) is 18.0 Å². The molecule has 0 radical (unpaired) electrons. The van der Waals surface area contributed by atoms with Gasteiger partial charge in [0, 0.05) is 19.4 Å². The molecule has 1 fully saturated rings. The molecule has 1 saturated heterocycles. The first-order chi connectivity index (χ1) is 10.3. The Balaban J connectivity index is 2.45. The van der Waals surface area contributed by atoms with Crippen LogP contribution in [0.2, 0.25) is 0 Å². The Morgan fingerprint density at radius 2 is 2.14 bits per heavy atom. The van der Waals surface area contributed by atoms with Crippen LogP contribution >= 0.6 is 6.72 Å². The molecule has 0 bridgehead atoms. The van der Waals surface area contributed by atoms with Crippen molar-refractivity contribution in [3.63, 3.8) is 0 Å². The average molecular weight is 356 g/mol. The van der Waals surface area contributed by atoms with E-state index in [9.17, 15) is 29.4 Å². The molecule has 1 aliphatic heterocycles. The van der Waals surface area contributed by atoms with E-state index in [0.29, 0.717) is 0 Å². The molecule has 0 unspecified atom stereocenters. The average Bonchev–Trinajstić information content (AvgIpc) is 2.74. The van der Waals surface area contributed by atoms with Crippen molar-refractivity contribution in [1.82, 2.24) is 9.55 Å². The lowest BCUT2D eigenvalue weighted by Crippen LogP contribution is -2.38. The second-order valence-corrected chi connectivity index (χ2v) is 8.81. The van der Waals surface area contributed by atoms with Crippen LogP contribution in [0.1, 0.15) is 6.23 Å². The molecule has 0 amide bonds. The Labute approximate surface area is 127 Å². The number of hydrogen-bond donors (Lipinski definition) is 6. The lowest BCUT2D eigenvalue weighted by molar-refractivity contribution is -0.0625. The Morgan fingerprint density at radius 3 is 2.64 bits per heavy atom. The number of aliphatic hydroxyl groups excluding tert-OH is 1. The molecule has 5 N–H and O–H groups in total. The fourth-order valence-electron chi connectivity index (χ4n) is 2.29. The maximum Gasteiger partial charge on any atom is 0.330 e. The Bertz CT molecular complexity index is 688. The van der Waals surface area contributed by atoms with Gasteiger partial charge in [-0.3, -0.25) is 14.3 Å². The molecule has 1 aromatic rings. The predicted molar refractivity (Wildman–Crippen MR) is 79.2 cm³/mol. The molecular formula is C10H17N2O8PS. The van der Waals surface area contributed by atoms with Crippen LogP contribution in [0.15, 0.2) is 21.9 Å². The van der Waals surface area contributed by atoms with Crippen LogP contribution in [0, 0.1) is 0 Å². The number of rotatable bonds is 4. The van der Waals surface area contributed by atoms with Crippen molar-refractivity contribution in [1.29, 1.82) is 0 Å². The molecule has 12 heteroatoms. The first kappa shape index (κ1) is 17.6. The van der Waals surface area contributed by atoms with Gasteiger partial charge >= 0.3 is 5.69 Å². The monoisotopic (exact) mass is 356 g/mol. The van der Waals surface area contributed by atoms with Gasteiger partial charge < -0.3 is 29.3 Å². The molecule has 1 aromatic heterocycles. The van der Waals surface area contributed by atoms with Gasteiger partial charge in [-0.2, -0.15) is 0 Å². The van der Waals surface area contributed by atoms with E-state index in [0.717, 1.165) is 10.6 Å². The van der Waals surface area contributed by atoms with Crippen LogP contribution in [0.4, 0.5) is 0 Å². The van der Waals surface area contributed by atoms with Gasteiger partial charge in [-0.1, -0.05) is 0 Å². The zero-order valence-corrected chi connectivity index (χ0v) is 13.2. The van der Waals surface area contributed by atoms with E-state index in [-0.39, 0.29) is 10.9 Å². The molecular weight excluding hydrogens is 339 g/mol. The summed E-state index contributed by atoms with van der Waals surface area (Å²) in [5, 5.41) is 8.59. The van der Waals surface area contributed by atoms with Gasteiger partial charge in [0.25, 0.3) is 12.3 Å². The van der Waals surface area contributed by atoms with Crippen LogP contribution < -0.4 is 11.2 Å². The smallest absolute Gasteiger partial charge is 0.330 e. The molecule has 2 rings (SSSR count). The predicted octanol–water partition coefficient (Wildman–Crippen LogP) is -2.72. The summed E-state index contributed by atoms with van der Waals surface area (Å²) in [5.41, 5.74) is -1.31. The highest BCUT2D eigenvalue weighted by Gasteiger charge is 2.45. The number of nitrogens with zero attached hydrogens (tertiary/aromatic N) is 1. The zero-order valence-electron chi connectivity index (χ0n) is 11.4. The van der Waals surface area contributed by atoms with Gasteiger partial charge in [0.2, 0.25) is 0 Å². The van der Waals surface area contributed by atoms with Crippen molar-refractivity contribution in [2.24, 2.45) is 0 Å². The van der Waals surface area contributed by atoms with E-state index in [2.05, 4.69) is 4.98 Å². The summed E-state index contributed by atoms with van der Waals surface area (Å²) in [5.74, 6) is 0. The van der Waals surface area contributed by atoms with E-state index < -0.39 is 48.3 Å². The Morgan fingerprint density at radius 1 is 1.45 bits per heavy atom. The summed E-state index contributed by atoms with van der Waals surface area (Å²) < 4.78 is 11.8. The fraction of sp³-hybridized carbons (Fsp3) is 0.600. The minimum Gasteiger partial charge on any atom is -0.394 e. The summed E-state index contributed by atoms with van der Waals surface area (Å²) in [7, 11) is 1.17. The summed E-state index contributed by atoms with van der Waals surface area (Å²) >= 11 is 0. The Kier molecular flexibility index (Phi) is 5.41. The van der Waals surface area contributed by atoms with E-state index in [1.807, 2.05) is 0 Å². The van der Waals surface area contributed by atoms with Gasteiger partial charge in [0.1, 0.15) is 6.10 Å². The molecule has 22 heavy (non-hydrogen) atoms. The Hall–Kier alpha value is -0.780. The lowest BCUT2D eigenvalue weighted by atomic mass is 10.2. The summed E-state index contributed by atoms with van der Waals surface area (Å²) in [6, 6.07) is 1.12. The number of nitrogens with one attached hydrogen (secondary N) is 1. The number of methoxy groups -OCH3 is 1. The van der Waals surface area contributed by atoms with Crippen molar-refractivity contribution < 1.29 is 29.3 Å². The largest absolute Gasteiger partial charge is 0.394 e. The van der Waals surface area contributed by atoms with Crippen LogP contribution in [-0.2, 0) is 20.4 Å². The van der Waals surface area contributed by atoms with E-state index in [1.165, 1.54) is 13.3 Å². The lowest BCUT2D eigenvalue weighted by Gasteiger charge is -2.22. The molecule has 0 aliphatic carbocycles. The zero-order chi connectivity index (χ0) is 16.5. The SMILES string of the molecule is CO[C@H]1[C@@H]([SH]=P(O)(O)O)[C@@H](CO)O[C@H]1n1ccc(=O)[nH]c1=O. The third-order valence-electron chi connectivity index (χ3n) is 3.18. The van der Waals surface area contributed by atoms with Crippen LogP contribution in [0.5, 0.6) is 0 Å². The molecule has 0 aromatic carbocycles. The summed E-state index contributed by atoms with van der Waals surface area (Å²) in [6.07, 6.45) is -1.49. The van der Waals surface area contributed by atoms with E-state index >= 15 is 0 Å². The number of aromatic nitrogens is 2. The summed E-state index contributed by atoms with van der Waals surface area (Å²) in [6.45, 7) is -4.61. The number of aliphatic hydroxyl groups is 1. The number of H-pyrrole nitrogens is 1. The molecule has 0 saturated carbocycles.